The summed E-state index contributed by atoms with van der Waals surface area (Å²) in [5.41, 5.74) is -0.754. The van der Waals surface area contributed by atoms with Gasteiger partial charge in [0.25, 0.3) is 0 Å². The van der Waals surface area contributed by atoms with E-state index in [1.807, 2.05) is 36.4 Å². The summed E-state index contributed by atoms with van der Waals surface area (Å²) in [6.45, 7) is 1.41. The molecule has 2 aromatic rings. The van der Waals surface area contributed by atoms with E-state index in [2.05, 4.69) is 18.3 Å². The molecule has 1 aliphatic rings. The Morgan fingerprint density at radius 2 is 1.55 bits per heavy atom. The van der Waals surface area contributed by atoms with Crippen molar-refractivity contribution in [3.05, 3.63) is 71.8 Å². The van der Waals surface area contributed by atoms with Gasteiger partial charge in [-0.3, -0.25) is 4.18 Å². The molecular weight excluding hydrogens is 422 g/mol. The second-order valence-corrected chi connectivity index (χ2v) is 9.06. The van der Waals surface area contributed by atoms with E-state index in [0.717, 1.165) is 31.0 Å². The van der Waals surface area contributed by atoms with E-state index in [1.54, 1.807) is 24.3 Å². The molecule has 0 aliphatic carbocycles. The Bertz CT molecular complexity index is 907. The zero-order chi connectivity index (χ0) is 23.1. The Balaban J connectivity index is 0.000000501. The molecule has 0 radical (unpaired) electrons. The number of quaternary nitrogens is 1. The molecule has 0 aromatic heterocycles. The highest BCUT2D eigenvalue weighted by molar-refractivity contribution is 7.80. The average Bonchev–Trinajstić information content (AvgIpc) is 3.10. The predicted octanol–water partition coefficient (Wildman–Crippen LogP) is 1.80. The van der Waals surface area contributed by atoms with Gasteiger partial charge in [0.2, 0.25) is 16.0 Å². The van der Waals surface area contributed by atoms with Gasteiger partial charge in [-0.1, -0.05) is 60.7 Å². The predicted molar refractivity (Wildman–Crippen MR) is 114 cm³/mol. The molecule has 1 heterocycles. The van der Waals surface area contributed by atoms with Crippen LogP contribution in [0.15, 0.2) is 60.7 Å². The summed E-state index contributed by atoms with van der Waals surface area (Å²) in [6, 6.07) is 18.3. The second kappa shape index (κ2) is 10.3. The first-order chi connectivity index (χ1) is 14.5. The molecule has 0 bridgehead atoms. The van der Waals surface area contributed by atoms with Gasteiger partial charge in [0.05, 0.1) is 27.7 Å². The summed E-state index contributed by atoms with van der Waals surface area (Å²) in [5, 5.41) is 11.3. The van der Waals surface area contributed by atoms with E-state index >= 15 is 0 Å². The van der Waals surface area contributed by atoms with E-state index in [0.29, 0.717) is 17.7 Å². The fourth-order valence-electron chi connectivity index (χ4n) is 3.59. The molecule has 1 N–H and O–H groups in total. The van der Waals surface area contributed by atoms with Crippen LogP contribution in [0.3, 0.4) is 0 Å². The van der Waals surface area contributed by atoms with Gasteiger partial charge >= 0.3 is 5.97 Å². The third-order valence-corrected chi connectivity index (χ3v) is 5.96. The number of ether oxygens (including phenoxy) is 1. The van der Waals surface area contributed by atoms with Crippen LogP contribution in [-0.4, -0.2) is 68.9 Å². The number of carbonyl (C=O) groups excluding carboxylic acids is 1. The van der Waals surface area contributed by atoms with Gasteiger partial charge in [-0.05, 0) is 11.1 Å². The molecule has 0 spiro atoms. The maximum Gasteiger partial charge on any atom is 0.347 e. The number of likely N-dealkylation sites (tertiary alicyclic amines) is 1. The number of carbonyl (C=O) groups is 1. The van der Waals surface area contributed by atoms with Crippen molar-refractivity contribution >= 4 is 16.4 Å². The van der Waals surface area contributed by atoms with Crippen molar-refractivity contribution in [2.24, 2.45) is 0 Å². The number of aliphatic hydroxyl groups is 1. The van der Waals surface area contributed by atoms with Gasteiger partial charge in [-0.15, -0.1) is 0 Å². The molecule has 31 heavy (non-hydrogen) atoms. The van der Waals surface area contributed by atoms with Gasteiger partial charge in [0.15, 0.2) is 0 Å². The SMILES string of the molecule is COS(=O)(=O)[O-].C[N+]1(C)CCCC1COC(=O)C(O)(c1ccccc1)c1ccccc1. The van der Waals surface area contributed by atoms with Crippen molar-refractivity contribution in [1.29, 1.82) is 0 Å². The van der Waals surface area contributed by atoms with Crippen LogP contribution < -0.4 is 0 Å². The lowest BCUT2D eigenvalue weighted by atomic mass is 9.86. The topological polar surface area (TPSA) is 113 Å². The monoisotopic (exact) mass is 451 g/mol. The van der Waals surface area contributed by atoms with Crippen LogP contribution in [-0.2, 0) is 29.7 Å². The number of likely N-dealkylation sites (N-methyl/N-ethyl adjacent to an activating group) is 1. The summed E-state index contributed by atoms with van der Waals surface area (Å²) in [5.74, 6) is -0.614. The molecule has 1 unspecified atom stereocenters. The van der Waals surface area contributed by atoms with Gasteiger partial charge in [0.1, 0.15) is 12.6 Å². The zero-order valence-corrected chi connectivity index (χ0v) is 18.7. The average molecular weight is 452 g/mol. The Morgan fingerprint density at radius 1 is 1.10 bits per heavy atom. The molecule has 0 amide bonds. The smallest absolute Gasteiger partial charge is 0.347 e. The minimum absolute atomic E-state index is 0.278. The Hall–Kier alpha value is -2.30. The number of nitrogens with zero attached hydrogens (tertiary/aromatic N) is 1. The van der Waals surface area contributed by atoms with Crippen LogP contribution in [0.2, 0.25) is 0 Å². The number of esters is 1. The number of hydrogen-bond donors (Lipinski definition) is 1. The summed E-state index contributed by atoms with van der Waals surface area (Å²) in [4.78, 5) is 13.0. The largest absolute Gasteiger partial charge is 0.726 e. The maximum atomic E-state index is 13.0. The van der Waals surface area contributed by atoms with Crippen LogP contribution in [0.4, 0.5) is 0 Å². The summed E-state index contributed by atoms with van der Waals surface area (Å²) in [6.07, 6.45) is 2.17. The third kappa shape index (κ3) is 6.59. The third-order valence-electron chi connectivity index (χ3n) is 5.55. The van der Waals surface area contributed by atoms with E-state index in [-0.39, 0.29) is 6.04 Å². The van der Waals surface area contributed by atoms with Gasteiger partial charge < -0.3 is 18.9 Å². The van der Waals surface area contributed by atoms with Crippen molar-refractivity contribution in [2.45, 2.75) is 24.5 Å². The van der Waals surface area contributed by atoms with E-state index in [1.165, 1.54) is 0 Å². The first-order valence-corrected chi connectivity index (χ1v) is 11.2. The highest BCUT2D eigenvalue weighted by atomic mass is 32.3. The van der Waals surface area contributed by atoms with Crippen LogP contribution in [0.5, 0.6) is 0 Å². The van der Waals surface area contributed by atoms with Crippen molar-refractivity contribution in [3.63, 3.8) is 0 Å². The molecule has 1 aliphatic heterocycles. The van der Waals surface area contributed by atoms with E-state index in [9.17, 15) is 22.9 Å². The summed E-state index contributed by atoms with van der Waals surface area (Å²) >= 11 is 0. The van der Waals surface area contributed by atoms with Crippen molar-refractivity contribution in [2.75, 3.05) is 34.4 Å². The minimum atomic E-state index is -4.41. The number of benzene rings is 2. The molecule has 8 nitrogen and oxygen atoms in total. The van der Waals surface area contributed by atoms with E-state index in [4.69, 9.17) is 4.74 Å². The molecular formula is C22H29NO7S. The van der Waals surface area contributed by atoms with Crippen molar-refractivity contribution in [3.8, 4) is 0 Å². The van der Waals surface area contributed by atoms with Crippen molar-refractivity contribution in [1.82, 2.24) is 0 Å². The fourth-order valence-corrected chi connectivity index (χ4v) is 3.59. The highest BCUT2D eigenvalue weighted by Crippen LogP contribution is 2.32. The van der Waals surface area contributed by atoms with Crippen LogP contribution in [0.1, 0.15) is 24.0 Å². The van der Waals surface area contributed by atoms with Crippen LogP contribution in [0, 0.1) is 0 Å². The molecule has 0 saturated carbocycles. The Kier molecular flexibility index (Phi) is 8.33. The standard InChI is InChI=1S/C21H26NO3.CH4O4S/c1-22(2)15-9-14-19(22)16-25-20(23)21(24,17-10-5-3-6-11-17)18-12-7-4-8-13-18;1-5-6(2,3)4/h3-8,10-13,19,24H,9,14-16H2,1-2H3;1H3,(H,2,3,4)/q+1;/p-1. The number of rotatable bonds is 6. The van der Waals surface area contributed by atoms with Crippen LogP contribution in [0.25, 0.3) is 0 Å². The fraction of sp³-hybridized carbons (Fsp3) is 0.409. The molecule has 3 rings (SSSR count). The first kappa shape index (κ1) is 25.0. The Labute approximate surface area is 183 Å². The summed E-state index contributed by atoms with van der Waals surface area (Å²) in [7, 11) is 0.713. The van der Waals surface area contributed by atoms with E-state index < -0.39 is 22.0 Å². The van der Waals surface area contributed by atoms with Gasteiger partial charge in [-0.25, -0.2) is 13.2 Å². The quantitative estimate of drug-likeness (QED) is 0.308. The molecule has 1 atom stereocenters. The normalized spacial score (nSPS) is 18.0. The molecule has 1 fully saturated rings. The summed E-state index contributed by atoms with van der Waals surface area (Å²) < 4.78 is 37.5. The van der Waals surface area contributed by atoms with Gasteiger partial charge in [-0.2, -0.15) is 0 Å². The zero-order valence-electron chi connectivity index (χ0n) is 17.9. The maximum absolute atomic E-state index is 13.0. The molecule has 9 heteroatoms. The van der Waals surface area contributed by atoms with Crippen molar-refractivity contribution < 1.29 is 36.3 Å². The highest BCUT2D eigenvalue weighted by Gasteiger charge is 2.43. The lowest BCUT2D eigenvalue weighted by molar-refractivity contribution is -0.902. The molecule has 1 saturated heterocycles. The first-order valence-electron chi connectivity index (χ1n) is 9.85. The Morgan fingerprint density at radius 3 is 1.90 bits per heavy atom. The van der Waals surface area contributed by atoms with Gasteiger partial charge in [0, 0.05) is 12.8 Å². The molecule has 2 aromatic carbocycles. The lowest BCUT2D eigenvalue weighted by Gasteiger charge is -2.32. The minimum Gasteiger partial charge on any atom is -0.726 e. The number of hydrogen-bond acceptors (Lipinski definition) is 7. The lowest BCUT2D eigenvalue weighted by Crippen LogP contribution is -2.48. The van der Waals surface area contributed by atoms with Crippen LogP contribution >= 0.6 is 0 Å². The second-order valence-electron chi connectivity index (χ2n) is 7.91. The molecule has 170 valence electrons.